The highest BCUT2D eigenvalue weighted by molar-refractivity contribution is 7.99. The van der Waals surface area contributed by atoms with Crippen LogP contribution in [0, 0.1) is 0 Å². The molecule has 2 nitrogen and oxygen atoms in total. The van der Waals surface area contributed by atoms with Crippen LogP contribution in [0.1, 0.15) is 24.0 Å². The molecular weight excluding hydrogens is 297 g/mol. The molecule has 2 fully saturated rings. The van der Waals surface area contributed by atoms with Crippen molar-refractivity contribution in [1.29, 1.82) is 0 Å². The molecule has 0 amide bonds. The van der Waals surface area contributed by atoms with E-state index < -0.39 is 11.7 Å². The average Bonchev–Trinajstić information content (AvgIpc) is 3.29. The summed E-state index contributed by atoms with van der Waals surface area (Å²) < 4.78 is 39.9. The summed E-state index contributed by atoms with van der Waals surface area (Å²) in [5, 5.41) is 3.17. The van der Waals surface area contributed by atoms with Gasteiger partial charge in [-0.3, -0.25) is 0 Å². The summed E-state index contributed by atoms with van der Waals surface area (Å²) >= 11 is 1.85. The van der Waals surface area contributed by atoms with Gasteiger partial charge >= 0.3 is 6.18 Å². The van der Waals surface area contributed by atoms with Gasteiger partial charge in [0.1, 0.15) is 0 Å². The Hall–Kier alpha value is -0.880. The molecule has 1 aromatic rings. The molecule has 21 heavy (non-hydrogen) atoms. The molecule has 0 atom stereocenters. The molecular formula is C15H19F3N2S. The largest absolute Gasteiger partial charge is 0.416 e. The standard InChI is InChI=1S/C15H19F3N2S/c16-15(17,18)14-9-13(20-5-7-21-8-6-20)4-1-11(14)10-19-12-2-3-12/h1,4,9,12,19H,2-3,5-8,10H2. The fraction of sp³-hybridized carbons (Fsp3) is 0.600. The summed E-state index contributed by atoms with van der Waals surface area (Å²) in [6, 6.07) is 5.19. The second kappa shape index (κ2) is 6.08. The smallest absolute Gasteiger partial charge is 0.370 e. The van der Waals surface area contributed by atoms with Crippen molar-refractivity contribution >= 4 is 17.4 Å². The van der Waals surface area contributed by atoms with Crippen molar-refractivity contribution in [3.8, 4) is 0 Å². The topological polar surface area (TPSA) is 15.3 Å². The number of nitrogens with one attached hydrogen (secondary N) is 1. The molecule has 1 N–H and O–H groups in total. The van der Waals surface area contributed by atoms with Crippen LogP contribution in [-0.2, 0) is 12.7 Å². The fourth-order valence-corrected chi connectivity index (χ4v) is 3.45. The van der Waals surface area contributed by atoms with E-state index >= 15 is 0 Å². The molecule has 0 radical (unpaired) electrons. The van der Waals surface area contributed by atoms with E-state index in [9.17, 15) is 13.2 Å². The van der Waals surface area contributed by atoms with E-state index in [0.717, 1.165) is 37.4 Å². The summed E-state index contributed by atoms with van der Waals surface area (Å²) in [5.41, 5.74) is 0.550. The normalized spacial score (nSPS) is 19.9. The zero-order valence-corrected chi connectivity index (χ0v) is 12.6. The second-order valence-corrected chi connectivity index (χ2v) is 6.82. The van der Waals surface area contributed by atoms with Gasteiger partial charge in [-0.05, 0) is 30.5 Å². The lowest BCUT2D eigenvalue weighted by Gasteiger charge is -2.29. The van der Waals surface area contributed by atoms with E-state index in [2.05, 4.69) is 5.32 Å². The summed E-state index contributed by atoms with van der Waals surface area (Å²) in [4.78, 5) is 2.05. The van der Waals surface area contributed by atoms with Crippen LogP contribution in [0.4, 0.5) is 18.9 Å². The van der Waals surface area contributed by atoms with E-state index in [4.69, 9.17) is 0 Å². The van der Waals surface area contributed by atoms with E-state index in [1.807, 2.05) is 22.7 Å². The van der Waals surface area contributed by atoms with Crippen molar-refractivity contribution in [3.05, 3.63) is 29.3 Å². The predicted octanol–water partition coefficient (Wildman–Crippen LogP) is 3.51. The molecule has 6 heteroatoms. The Balaban J connectivity index is 1.82. The predicted molar refractivity (Wildman–Crippen MR) is 80.8 cm³/mol. The Labute approximate surface area is 127 Å². The highest BCUT2D eigenvalue weighted by Gasteiger charge is 2.34. The maximum Gasteiger partial charge on any atom is 0.416 e. The average molecular weight is 316 g/mol. The van der Waals surface area contributed by atoms with Crippen molar-refractivity contribution in [2.75, 3.05) is 29.5 Å². The Morgan fingerprint density at radius 2 is 1.90 bits per heavy atom. The first-order valence-corrected chi connectivity index (χ1v) is 8.46. The number of nitrogens with zero attached hydrogens (tertiary/aromatic N) is 1. The third kappa shape index (κ3) is 3.86. The third-order valence-electron chi connectivity index (χ3n) is 3.93. The molecule has 116 valence electrons. The van der Waals surface area contributed by atoms with Crippen molar-refractivity contribution in [2.24, 2.45) is 0 Å². The van der Waals surface area contributed by atoms with Crippen molar-refractivity contribution in [3.63, 3.8) is 0 Å². The minimum Gasteiger partial charge on any atom is -0.370 e. The Morgan fingerprint density at radius 3 is 2.52 bits per heavy atom. The van der Waals surface area contributed by atoms with E-state index in [-0.39, 0.29) is 0 Å². The van der Waals surface area contributed by atoms with Crippen LogP contribution in [-0.4, -0.2) is 30.6 Å². The fourth-order valence-electron chi connectivity index (χ4n) is 2.54. The highest BCUT2D eigenvalue weighted by Crippen LogP contribution is 2.35. The molecule has 3 rings (SSSR count). The summed E-state index contributed by atoms with van der Waals surface area (Å²) in [6.45, 7) is 1.94. The van der Waals surface area contributed by atoms with Crippen LogP contribution in [0.2, 0.25) is 0 Å². The minimum atomic E-state index is -4.29. The summed E-state index contributed by atoms with van der Waals surface area (Å²) in [6.07, 6.45) is -2.14. The maximum absolute atomic E-state index is 13.3. The van der Waals surface area contributed by atoms with Crippen molar-refractivity contribution < 1.29 is 13.2 Å². The first kappa shape index (κ1) is 15.0. The molecule has 1 aliphatic carbocycles. The lowest BCUT2D eigenvalue weighted by atomic mass is 10.1. The molecule has 1 aromatic carbocycles. The molecule has 1 saturated carbocycles. The van der Waals surface area contributed by atoms with Crippen LogP contribution >= 0.6 is 11.8 Å². The molecule has 0 spiro atoms. The van der Waals surface area contributed by atoms with Crippen LogP contribution < -0.4 is 10.2 Å². The number of anilines is 1. The SMILES string of the molecule is FC(F)(F)c1cc(N2CCSCC2)ccc1CNC1CC1. The van der Waals surface area contributed by atoms with Gasteiger partial charge in [0.2, 0.25) is 0 Å². The number of halogens is 3. The third-order valence-corrected chi connectivity index (χ3v) is 4.88. The lowest BCUT2D eigenvalue weighted by Crippen LogP contribution is -2.32. The zero-order chi connectivity index (χ0) is 14.9. The number of hydrogen-bond acceptors (Lipinski definition) is 3. The molecule has 0 bridgehead atoms. The monoisotopic (exact) mass is 316 g/mol. The van der Waals surface area contributed by atoms with Gasteiger partial charge < -0.3 is 10.2 Å². The first-order valence-electron chi connectivity index (χ1n) is 7.30. The first-order chi connectivity index (χ1) is 10.0. The molecule has 2 aliphatic rings. The number of benzene rings is 1. The highest BCUT2D eigenvalue weighted by atomic mass is 32.2. The van der Waals surface area contributed by atoms with E-state index in [1.165, 1.54) is 6.07 Å². The van der Waals surface area contributed by atoms with Crippen LogP contribution in [0.25, 0.3) is 0 Å². The minimum absolute atomic E-state index is 0.301. The number of thioether (sulfide) groups is 1. The van der Waals surface area contributed by atoms with Crippen LogP contribution in [0.3, 0.4) is 0 Å². The summed E-state index contributed by atoms with van der Waals surface area (Å²) in [5.74, 6) is 1.96. The van der Waals surface area contributed by atoms with Gasteiger partial charge in [0.15, 0.2) is 0 Å². The van der Waals surface area contributed by atoms with Crippen LogP contribution in [0.15, 0.2) is 18.2 Å². The van der Waals surface area contributed by atoms with Gasteiger partial charge in [-0.15, -0.1) is 0 Å². The number of alkyl halides is 3. The van der Waals surface area contributed by atoms with Gasteiger partial charge in [0.25, 0.3) is 0 Å². The molecule has 1 saturated heterocycles. The van der Waals surface area contributed by atoms with Crippen molar-refractivity contribution in [2.45, 2.75) is 31.6 Å². The zero-order valence-electron chi connectivity index (χ0n) is 11.7. The van der Waals surface area contributed by atoms with Gasteiger partial charge in [-0.2, -0.15) is 24.9 Å². The number of rotatable bonds is 4. The lowest BCUT2D eigenvalue weighted by molar-refractivity contribution is -0.138. The summed E-state index contributed by atoms with van der Waals surface area (Å²) in [7, 11) is 0. The molecule has 1 aliphatic heterocycles. The Morgan fingerprint density at radius 1 is 1.19 bits per heavy atom. The Bertz CT molecular complexity index is 494. The maximum atomic E-state index is 13.3. The van der Waals surface area contributed by atoms with Crippen LogP contribution in [0.5, 0.6) is 0 Å². The Kier molecular flexibility index (Phi) is 4.36. The second-order valence-electron chi connectivity index (χ2n) is 5.59. The molecule has 0 aromatic heterocycles. The molecule has 0 unspecified atom stereocenters. The molecule has 1 heterocycles. The van der Waals surface area contributed by atoms with Crippen molar-refractivity contribution in [1.82, 2.24) is 5.32 Å². The van der Waals surface area contributed by atoms with Gasteiger partial charge in [-0.25, -0.2) is 0 Å². The van der Waals surface area contributed by atoms with Gasteiger partial charge in [0, 0.05) is 42.9 Å². The van der Waals surface area contributed by atoms with E-state index in [1.54, 1.807) is 6.07 Å². The van der Waals surface area contributed by atoms with Gasteiger partial charge in [-0.1, -0.05) is 6.07 Å². The van der Waals surface area contributed by atoms with Gasteiger partial charge in [0.05, 0.1) is 5.56 Å². The quantitative estimate of drug-likeness (QED) is 0.915. The van der Waals surface area contributed by atoms with E-state index in [0.29, 0.717) is 23.8 Å². The number of hydrogen-bond donors (Lipinski definition) is 1.